The molecule has 2 aliphatic rings. The van der Waals surface area contributed by atoms with E-state index >= 15 is 0 Å². The molecule has 2 N–H and O–H groups in total. The highest BCUT2D eigenvalue weighted by molar-refractivity contribution is 5.97. The number of carboxylic acids is 1. The van der Waals surface area contributed by atoms with Crippen LogP contribution in [0.15, 0.2) is 29.1 Å². The quantitative estimate of drug-likeness (QED) is 0.866. The molecular weight excluding hydrogens is 322 g/mol. The van der Waals surface area contributed by atoms with Gasteiger partial charge in [-0.1, -0.05) is 25.0 Å². The zero-order valence-corrected chi connectivity index (χ0v) is 13.6. The van der Waals surface area contributed by atoms with E-state index in [2.05, 4.69) is 10.2 Å². The fourth-order valence-corrected chi connectivity index (χ4v) is 4.31. The summed E-state index contributed by atoms with van der Waals surface area (Å²) < 4.78 is 0. The van der Waals surface area contributed by atoms with Gasteiger partial charge in [0.15, 0.2) is 5.69 Å². The number of benzene rings is 1. The average Bonchev–Trinajstić information content (AvgIpc) is 3.01. The van der Waals surface area contributed by atoms with Gasteiger partial charge in [0.2, 0.25) is 5.43 Å². The number of rotatable bonds is 2. The van der Waals surface area contributed by atoms with E-state index in [1.807, 2.05) is 0 Å². The molecule has 1 saturated carbocycles. The van der Waals surface area contributed by atoms with E-state index in [1.165, 1.54) is 4.90 Å². The Morgan fingerprint density at radius 3 is 2.76 bits per heavy atom. The fraction of sp³-hybridized carbons (Fsp3) is 0.444. The summed E-state index contributed by atoms with van der Waals surface area (Å²) in [6, 6.07) is 5.84. The van der Waals surface area contributed by atoms with Crippen LogP contribution < -0.4 is 5.43 Å². The Labute approximate surface area is 143 Å². The Morgan fingerprint density at radius 2 is 1.96 bits per heavy atom. The number of amides is 1. The number of para-hydroxylation sites is 1. The molecule has 7 heteroatoms. The van der Waals surface area contributed by atoms with Crippen LogP contribution in [0.4, 0.5) is 0 Å². The fourth-order valence-electron chi connectivity index (χ4n) is 4.31. The molecule has 1 saturated heterocycles. The summed E-state index contributed by atoms with van der Waals surface area (Å²) in [6.45, 7) is 0. The molecular formula is C18H19N3O4. The maximum atomic E-state index is 13.1. The van der Waals surface area contributed by atoms with Gasteiger partial charge in [-0.15, -0.1) is 0 Å². The van der Waals surface area contributed by atoms with Crippen LogP contribution in [0.5, 0.6) is 0 Å². The summed E-state index contributed by atoms with van der Waals surface area (Å²) in [5, 5.41) is 16.6. The number of carboxylic acid groups (broad SMARTS) is 1. The standard InChI is InChI=1S/C18H19N3O4/c22-16-11-6-2-3-7-12(11)19-20-15(16)17(23)21-13-8-4-1-5-10(13)9-14(21)18(24)25/h2-3,6-7,10,13-14H,1,4-5,8-9H2,(H,19,22)(H,24,25). The van der Waals surface area contributed by atoms with Crippen molar-refractivity contribution in [1.82, 2.24) is 15.1 Å². The van der Waals surface area contributed by atoms with Crippen LogP contribution in [0.1, 0.15) is 42.6 Å². The lowest BCUT2D eigenvalue weighted by molar-refractivity contribution is -0.141. The summed E-state index contributed by atoms with van der Waals surface area (Å²) >= 11 is 0. The third-order valence-corrected chi connectivity index (χ3v) is 5.49. The van der Waals surface area contributed by atoms with Gasteiger partial charge in [-0.25, -0.2) is 4.79 Å². The molecule has 7 nitrogen and oxygen atoms in total. The second kappa shape index (κ2) is 5.98. The van der Waals surface area contributed by atoms with Crippen molar-refractivity contribution >= 4 is 22.8 Å². The van der Waals surface area contributed by atoms with Gasteiger partial charge in [0.05, 0.1) is 5.52 Å². The highest BCUT2D eigenvalue weighted by Crippen LogP contribution is 2.40. The Hall–Kier alpha value is -2.70. The van der Waals surface area contributed by atoms with E-state index in [0.717, 1.165) is 25.7 Å². The minimum Gasteiger partial charge on any atom is -0.480 e. The first-order valence-electron chi connectivity index (χ1n) is 8.61. The van der Waals surface area contributed by atoms with Gasteiger partial charge in [0.25, 0.3) is 5.91 Å². The number of nitrogens with one attached hydrogen (secondary N) is 1. The second-order valence-electron chi connectivity index (χ2n) is 6.86. The molecule has 3 unspecified atom stereocenters. The van der Waals surface area contributed by atoms with E-state index in [-0.39, 0.29) is 17.7 Å². The molecule has 1 aromatic carbocycles. The molecule has 0 spiro atoms. The van der Waals surface area contributed by atoms with Crippen molar-refractivity contribution in [3.05, 3.63) is 40.2 Å². The third-order valence-electron chi connectivity index (χ3n) is 5.49. The van der Waals surface area contributed by atoms with E-state index < -0.39 is 23.3 Å². The minimum absolute atomic E-state index is 0.116. The largest absolute Gasteiger partial charge is 0.480 e. The van der Waals surface area contributed by atoms with Crippen molar-refractivity contribution in [2.24, 2.45) is 5.92 Å². The van der Waals surface area contributed by atoms with Crippen LogP contribution in [-0.4, -0.2) is 44.2 Å². The number of aliphatic carboxylic acids is 1. The number of hydrogen-bond acceptors (Lipinski definition) is 4. The van der Waals surface area contributed by atoms with Gasteiger partial charge in [0.1, 0.15) is 6.04 Å². The minimum atomic E-state index is -1.01. The van der Waals surface area contributed by atoms with Gasteiger partial charge in [-0.2, -0.15) is 5.10 Å². The molecule has 0 radical (unpaired) electrons. The molecule has 3 atom stereocenters. The highest BCUT2D eigenvalue weighted by Gasteiger charge is 2.48. The van der Waals surface area contributed by atoms with Crippen LogP contribution in [0.25, 0.3) is 10.9 Å². The zero-order valence-electron chi connectivity index (χ0n) is 13.6. The topological polar surface area (TPSA) is 103 Å². The molecule has 2 fully saturated rings. The van der Waals surface area contributed by atoms with Crippen molar-refractivity contribution < 1.29 is 14.7 Å². The predicted octanol–water partition coefficient (Wildman–Crippen LogP) is 1.78. The first-order chi connectivity index (χ1) is 12.1. The molecule has 2 aromatic rings. The number of hydrogen-bond donors (Lipinski definition) is 2. The maximum absolute atomic E-state index is 13.1. The van der Waals surface area contributed by atoms with Crippen molar-refractivity contribution in [1.29, 1.82) is 0 Å². The summed E-state index contributed by atoms with van der Waals surface area (Å²) in [5.41, 5.74) is -0.130. The first-order valence-corrected chi connectivity index (χ1v) is 8.61. The van der Waals surface area contributed by atoms with Crippen LogP contribution in [-0.2, 0) is 4.79 Å². The Kier molecular flexibility index (Phi) is 3.78. The Morgan fingerprint density at radius 1 is 1.20 bits per heavy atom. The molecule has 2 heterocycles. The summed E-state index contributed by atoms with van der Waals surface area (Å²) in [7, 11) is 0. The maximum Gasteiger partial charge on any atom is 0.326 e. The van der Waals surface area contributed by atoms with Crippen LogP contribution >= 0.6 is 0 Å². The number of H-pyrrole nitrogens is 1. The SMILES string of the molecule is O=C(O)C1CC2CCCCC2N1C(=O)c1n[nH]c2ccccc2c1=O. The van der Waals surface area contributed by atoms with Gasteiger partial charge in [-0.05, 0) is 37.3 Å². The van der Waals surface area contributed by atoms with Gasteiger partial charge < -0.3 is 10.0 Å². The molecule has 1 aliphatic heterocycles. The van der Waals surface area contributed by atoms with E-state index in [0.29, 0.717) is 17.3 Å². The van der Waals surface area contributed by atoms with E-state index in [1.54, 1.807) is 24.3 Å². The molecule has 130 valence electrons. The normalized spacial score (nSPS) is 25.8. The number of aromatic nitrogens is 2. The Bertz CT molecular complexity index is 907. The molecule has 25 heavy (non-hydrogen) atoms. The molecule has 1 amide bonds. The number of aromatic amines is 1. The number of likely N-dealkylation sites (tertiary alicyclic amines) is 1. The second-order valence-corrected chi connectivity index (χ2v) is 6.86. The number of carbonyl (C=O) groups is 2. The van der Waals surface area contributed by atoms with E-state index in [9.17, 15) is 19.5 Å². The van der Waals surface area contributed by atoms with Crippen molar-refractivity contribution in [2.75, 3.05) is 0 Å². The third kappa shape index (κ3) is 2.50. The number of nitrogens with zero attached hydrogens (tertiary/aromatic N) is 2. The lowest BCUT2D eigenvalue weighted by Crippen LogP contribution is -2.47. The van der Waals surface area contributed by atoms with Crippen LogP contribution in [0, 0.1) is 5.92 Å². The highest BCUT2D eigenvalue weighted by atomic mass is 16.4. The van der Waals surface area contributed by atoms with Crippen molar-refractivity contribution in [3.63, 3.8) is 0 Å². The lowest BCUT2D eigenvalue weighted by Gasteiger charge is -2.32. The molecule has 1 aromatic heterocycles. The smallest absolute Gasteiger partial charge is 0.326 e. The monoisotopic (exact) mass is 341 g/mol. The zero-order chi connectivity index (χ0) is 17.6. The van der Waals surface area contributed by atoms with Crippen molar-refractivity contribution in [3.8, 4) is 0 Å². The van der Waals surface area contributed by atoms with Crippen molar-refractivity contribution in [2.45, 2.75) is 44.2 Å². The number of carbonyl (C=O) groups excluding carboxylic acids is 1. The van der Waals surface area contributed by atoms with Crippen LogP contribution in [0.2, 0.25) is 0 Å². The summed E-state index contributed by atoms with van der Waals surface area (Å²) in [6.07, 6.45) is 4.20. The van der Waals surface area contributed by atoms with Gasteiger partial charge in [-0.3, -0.25) is 14.7 Å². The summed E-state index contributed by atoms with van der Waals surface area (Å²) in [4.78, 5) is 38.8. The lowest BCUT2D eigenvalue weighted by atomic mass is 9.84. The average molecular weight is 341 g/mol. The predicted molar refractivity (Wildman–Crippen MR) is 90.3 cm³/mol. The van der Waals surface area contributed by atoms with Crippen LogP contribution in [0.3, 0.4) is 0 Å². The Balaban J connectivity index is 1.77. The summed E-state index contributed by atoms with van der Waals surface area (Å²) in [5.74, 6) is -1.40. The molecule has 1 aliphatic carbocycles. The van der Waals surface area contributed by atoms with Gasteiger partial charge in [0, 0.05) is 11.4 Å². The van der Waals surface area contributed by atoms with Gasteiger partial charge >= 0.3 is 5.97 Å². The number of fused-ring (bicyclic) bond motifs is 2. The van der Waals surface area contributed by atoms with E-state index in [4.69, 9.17) is 0 Å². The molecule has 0 bridgehead atoms. The first kappa shape index (κ1) is 15.8. The molecule has 4 rings (SSSR count).